The summed E-state index contributed by atoms with van der Waals surface area (Å²) in [5, 5.41) is 0. The molecule has 1 rings (SSSR count). The van der Waals surface area contributed by atoms with Crippen molar-refractivity contribution in [1.82, 2.24) is 4.90 Å². The third-order valence-corrected chi connectivity index (χ3v) is 2.61. The minimum Gasteiger partial charge on any atom is -0.323 e. The standard InChI is InChI=1S/C11H22N2/c1-13(2)9-11(12)10-7-5-3-4-6-8-10/h7,11H,3-6,8-9,12H2,1-2H3. The molecule has 0 aromatic heterocycles. The van der Waals surface area contributed by atoms with E-state index in [9.17, 15) is 0 Å². The highest BCUT2D eigenvalue weighted by Gasteiger charge is 2.11. The van der Waals surface area contributed by atoms with Crippen LogP contribution in [-0.4, -0.2) is 31.6 Å². The minimum atomic E-state index is 0.257. The Kier molecular flexibility index (Phi) is 4.46. The number of hydrogen-bond acceptors (Lipinski definition) is 2. The van der Waals surface area contributed by atoms with Gasteiger partial charge in [0.25, 0.3) is 0 Å². The summed E-state index contributed by atoms with van der Waals surface area (Å²) >= 11 is 0. The third-order valence-electron chi connectivity index (χ3n) is 2.61. The van der Waals surface area contributed by atoms with Crippen molar-refractivity contribution in [3.8, 4) is 0 Å². The Morgan fingerprint density at radius 3 is 2.85 bits per heavy atom. The number of hydrogen-bond donors (Lipinski definition) is 1. The molecular formula is C11H22N2. The largest absolute Gasteiger partial charge is 0.323 e. The van der Waals surface area contributed by atoms with Gasteiger partial charge in [-0.1, -0.05) is 18.1 Å². The Labute approximate surface area is 81.8 Å². The van der Waals surface area contributed by atoms with Crippen LogP contribution in [0.15, 0.2) is 11.6 Å². The molecule has 0 aliphatic heterocycles. The Morgan fingerprint density at radius 1 is 1.38 bits per heavy atom. The second kappa shape index (κ2) is 5.40. The monoisotopic (exact) mass is 182 g/mol. The van der Waals surface area contributed by atoms with Gasteiger partial charge in [-0.25, -0.2) is 0 Å². The molecule has 0 heterocycles. The highest BCUT2D eigenvalue weighted by molar-refractivity contribution is 5.11. The zero-order valence-electron chi connectivity index (χ0n) is 8.92. The van der Waals surface area contributed by atoms with E-state index < -0.39 is 0 Å². The molecule has 1 aliphatic rings. The van der Waals surface area contributed by atoms with Gasteiger partial charge >= 0.3 is 0 Å². The van der Waals surface area contributed by atoms with Crippen molar-refractivity contribution in [2.24, 2.45) is 5.73 Å². The van der Waals surface area contributed by atoms with E-state index in [0.29, 0.717) is 0 Å². The number of rotatable bonds is 3. The molecule has 0 aromatic carbocycles. The fraction of sp³-hybridized carbons (Fsp3) is 0.818. The predicted octanol–water partition coefficient (Wildman–Crippen LogP) is 1.77. The van der Waals surface area contributed by atoms with E-state index in [-0.39, 0.29) is 6.04 Å². The summed E-state index contributed by atoms with van der Waals surface area (Å²) in [5.74, 6) is 0. The molecule has 2 N–H and O–H groups in total. The molecule has 0 amide bonds. The van der Waals surface area contributed by atoms with Crippen LogP contribution in [0.2, 0.25) is 0 Å². The lowest BCUT2D eigenvalue weighted by molar-refractivity contribution is 0.386. The van der Waals surface area contributed by atoms with E-state index >= 15 is 0 Å². The average Bonchev–Trinajstić information content (AvgIpc) is 2.29. The van der Waals surface area contributed by atoms with Crippen molar-refractivity contribution in [3.05, 3.63) is 11.6 Å². The maximum Gasteiger partial charge on any atom is 0.0383 e. The van der Waals surface area contributed by atoms with Crippen LogP contribution >= 0.6 is 0 Å². The van der Waals surface area contributed by atoms with Gasteiger partial charge in [0.15, 0.2) is 0 Å². The SMILES string of the molecule is CN(C)CC(N)C1=CCCCCC1. The lowest BCUT2D eigenvalue weighted by atomic mass is 10.0. The van der Waals surface area contributed by atoms with Gasteiger partial charge in [0.2, 0.25) is 0 Å². The van der Waals surface area contributed by atoms with Gasteiger partial charge in [-0.05, 0) is 39.8 Å². The van der Waals surface area contributed by atoms with E-state index in [0.717, 1.165) is 6.54 Å². The lowest BCUT2D eigenvalue weighted by Crippen LogP contribution is -2.34. The maximum atomic E-state index is 6.11. The first-order chi connectivity index (χ1) is 6.20. The van der Waals surface area contributed by atoms with Crippen LogP contribution in [0, 0.1) is 0 Å². The molecule has 0 radical (unpaired) electrons. The molecule has 0 saturated carbocycles. The summed E-state index contributed by atoms with van der Waals surface area (Å²) in [4.78, 5) is 2.16. The fourth-order valence-electron chi connectivity index (χ4n) is 1.89. The molecule has 2 nitrogen and oxygen atoms in total. The molecule has 0 spiro atoms. The lowest BCUT2D eigenvalue weighted by Gasteiger charge is -2.19. The first kappa shape index (κ1) is 10.7. The summed E-state index contributed by atoms with van der Waals surface area (Å²) in [6, 6.07) is 0.257. The van der Waals surface area contributed by atoms with Gasteiger partial charge in [-0.15, -0.1) is 0 Å². The first-order valence-corrected chi connectivity index (χ1v) is 5.29. The van der Waals surface area contributed by atoms with E-state index in [4.69, 9.17) is 5.73 Å². The van der Waals surface area contributed by atoms with Crippen molar-refractivity contribution in [2.75, 3.05) is 20.6 Å². The van der Waals surface area contributed by atoms with Crippen molar-refractivity contribution in [3.63, 3.8) is 0 Å². The van der Waals surface area contributed by atoms with Crippen molar-refractivity contribution in [2.45, 2.75) is 38.1 Å². The second-order valence-corrected chi connectivity index (χ2v) is 4.25. The van der Waals surface area contributed by atoms with E-state index in [1.54, 1.807) is 0 Å². The van der Waals surface area contributed by atoms with E-state index in [1.165, 1.54) is 37.7 Å². The van der Waals surface area contributed by atoms with Crippen LogP contribution in [0.5, 0.6) is 0 Å². The molecule has 0 aromatic rings. The molecule has 13 heavy (non-hydrogen) atoms. The Bertz CT molecular complexity index is 173. The quantitative estimate of drug-likeness (QED) is 0.674. The topological polar surface area (TPSA) is 29.3 Å². The summed E-state index contributed by atoms with van der Waals surface area (Å²) < 4.78 is 0. The normalized spacial score (nSPS) is 21.1. The highest BCUT2D eigenvalue weighted by Crippen LogP contribution is 2.19. The Hall–Kier alpha value is -0.340. The number of nitrogens with two attached hydrogens (primary N) is 1. The van der Waals surface area contributed by atoms with Crippen molar-refractivity contribution < 1.29 is 0 Å². The molecule has 2 heteroatoms. The molecule has 1 atom stereocenters. The third kappa shape index (κ3) is 3.92. The van der Waals surface area contributed by atoms with Crippen molar-refractivity contribution in [1.29, 1.82) is 0 Å². The summed E-state index contributed by atoms with van der Waals surface area (Å²) in [6.07, 6.45) is 8.85. The number of allylic oxidation sites excluding steroid dienone is 1. The van der Waals surface area contributed by atoms with Crippen LogP contribution in [-0.2, 0) is 0 Å². The second-order valence-electron chi connectivity index (χ2n) is 4.25. The molecule has 0 saturated heterocycles. The Morgan fingerprint density at radius 2 is 2.15 bits per heavy atom. The molecule has 0 fully saturated rings. The molecule has 1 unspecified atom stereocenters. The van der Waals surface area contributed by atoms with Crippen LogP contribution in [0.4, 0.5) is 0 Å². The minimum absolute atomic E-state index is 0.257. The van der Waals surface area contributed by atoms with Crippen LogP contribution in [0.3, 0.4) is 0 Å². The van der Waals surface area contributed by atoms with Gasteiger partial charge in [0.05, 0.1) is 0 Å². The van der Waals surface area contributed by atoms with Gasteiger partial charge in [-0.3, -0.25) is 0 Å². The summed E-state index contributed by atoms with van der Waals surface area (Å²) in [7, 11) is 4.16. The van der Waals surface area contributed by atoms with Crippen LogP contribution in [0.25, 0.3) is 0 Å². The van der Waals surface area contributed by atoms with Crippen LogP contribution < -0.4 is 5.73 Å². The van der Waals surface area contributed by atoms with E-state index in [1.807, 2.05) is 0 Å². The highest BCUT2D eigenvalue weighted by atomic mass is 15.1. The van der Waals surface area contributed by atoms with Gasteiger partial charge in [0, 0.05) is 12.6 Å². The zero-order valence-corrected chi connectivity index (χ0v) is 8.92. The van der Waals surface area contributed by atoms with Gasteiger partial charge < -0.3 is 10.6 Å². The fourth-order valence-corrected chi connectivity index (χ4v) is 1.89. The maximum absolute atomic E-state index is 6.11. The molecule has 0 bridgehead atoms. The van der Waals surface area contributed by atoms with Gasteiger partial charge in [-0.2, -0.15) is 0 Å². The van der Waals surface area contributed by atoms with Crippen LogP contribution in [0.1, 0.15) is 32.1 Å². The molecule has 1 aliphatic carbocycles. The predicted molar refractivity (Wildman–Crippen MR) is 57.7 cm³/mol. The zero-order chi connectivity index (χ0) is 9.68. The van der Waals surface area contributed by atoms with Crippen molar-refractivity contribution >= 4 is 0 Å². The van der Waals surface area contributed by atoms with E-state index in [2.05, 4.69) is 25.1 Å². The number of likely N-dealkylation sites (N-methyl/N-ethyl adjacent to an activating group) is 1. The molecule has 76 valence electrons. The molecular weight excluding hydrogens is 160 g/mol. The number of nitrogens with zero attached hydrogens (tertiary/aromatic N) is 1. The smallest absolute Gasteiger partial charge is 0.0383 e. The first-order valence-electron chi connectivity index (χ1n) is 5.29. The summed E-state index contributed by atoms with van der Waals surface area (Å²) in [6.45, 7) is 0.978. The Balaban J connectivity index is 2.43. The average molecular weight is 182 g/mol. The van der Waals surface area contributed by atoms with Gasteiger partial charge in [0.1, 0.15) is 0 Å². The summed E-state index contributed by atoms with van der Waals surface area (Å²) in [5.41, 5.74) is 7.59.